The summed E-state index contributed by atoms with van der Waals surface area (Å²) in [6.45, 7) is 1.34. The minimum atomic E-state index is -0.200. The minimum absolute atomic E-state index is 0.200. The van der Waals surface area contributed by atoms with Crippen LogP contribution in [0.25, 0.3) is 11.3 Å². The van der Waals surface area contributed by atoms with Crippen LogP contribution < -0.4 is 16.0 Å². The number of benzene rings is 1. The number of fused-ring (bicyclic) bond motifs is 7. The second kappa shape index (κ2) is 8.22. The van der Waals surface area contributed by atoms with E-state index in [-0.39, 0.29) is 5.91 Å². The zero-order valence-electron chi connectivity index (χ0n) is 15.1. The molecule has 1 aliphatic heterocycles. The summed E-state index contributed by atoms with van der Waals surface area (Å²) in [5, 5.41) is 9.76. The number of hydrogen-bond donors (Lipinski definition) is 3. The summed E-state index contributed by atoms with van der Waals surface area (Å²) in [7, 11) is 0. The van der Waals surface area contributed by atoms with Gasteiger partial charge < -0.3 is 16.0 Å². The van der Waals surface area contributed by atoms with Crippen LogP contribution in [0.5, 0.6) is 0 Å². The Labute approximate surface area is 167 Å². The Kier molecular flexibility index (Phi) is 5.34. The van der Waals surface area contributed by atoms with E-state index in [1.807, 2.05) is 18.2 Å². The molecule has 0 atom stereocenters. The zero-order valence-corrected chi connectivity index (χ0v) is 15.8. The van der Waals surface area contributed by atoms with Crippen molar-refractivity contribution in [3.05, 3.63) is 59.4 Å². The molecule has 142 valence electrons. The second-order valence-corrected chi connectivity index (χ2v) is 6.81. The number of carbonyl (C=O) groups is 1. The topological polar surface area (TPSA) is 91.8 Å². The van der Waals surface area contributed by atoms with Gasteiger partial charge >= 0.3 is 0 Å². The van der Waals surface area contributed by atoms with Gasteiger partial charge in [-0.15, -0.1) is 0 Å². The highest BCUT2D eigenvalue weighted by molar-refractivity contribution is 6.34. The minimum Gasteiger partial charge on any atom is -0.370 e. The van der Waals surface area contributed by atoms with Crippen LogP contribution in [-0.4, -0.2) is 33.9 Å². The second-order valence-electron chi connectivity index (χ2n) is 6.40. The lowest BCUT2D eigenvalue weighted by atomic mass is 10.1. The van der Waals surface area contributed by atoms with Gasteiger partial charge in [-0.25, -0.2) is 15.0 Å². The molecule has 1 aliphatic rings. The highest BCUT2D eigenvalue weighted by Gasteiger charge is 2.12. The smallest absolute Gasteiger partial charge is 0.252 e. The SMILES string of the molecule is O=C1NCCCCNc2cc(ccn2)-c2ccnc(n2)Nc2ccc(Cl)c1c2. The van der Waals surface area contributed by atoms with Gasteiger partial charge in [-0.05, 0) is 49.2 Å². The summed E-state index contributed by atoms with van der Waals surface area (Å²) in [6.07, 6.45) is 5.20. The van der Waals surface area contributed by atoms with E-state index in [4.69, 9.17) is 11.6 Å². The Balaban J connectivity index is 1.71. The molecule has 1 aromatic carbocycles. The molecule has 0 radical (unpaired) electrons. The predicted octanol–water partition coefficient (Wildman–Crippen LogP) is 3.87. The first-order valence-corrected chi connectivity index (χ1v) is 9.45. The molecular weight excluding hydrogens is 376 g/mol. The molecule has 1 amide bonds. The molecule has 4 rings (SSSR count). The number of anilines is 3. The lowest BCUT2D eigenvalue weighted by Crippen LogP contribution is -2.25. The Morgan fingerprint density at radius 3 is 2.64 bits per heavy atom. The fourth-order valence-electron chi connectivity index (χ4n) is 2.94. The molecule has 28 heavy (non-hydrogen) atoms. The third kappa shape index (κ3) is 4.20. The normalized spacial score (nSPS) is 14.2. The molecular formula is C20H19ClN6O. The van der Waals surface area contributed by atoms with Gasteiger partial charge in [0.05, 0.1) is 16.3 Å². The molecule has 0 saturated carbocycles. The van der Waals surface area contributed by atoms with Crippen LogP contribution in [-0.2, 0) is 0 Å². The number of hydrogen-bond acceptors (Lipinski definition) is 6. The van der Waals surface area contributed by atoms with E-state index in [0.29, 0.717) is 28.8 Å². The van der Waals surface area contributed by atoms with Crippen molar-refractivity contribution >= 4 is 35.0 Å². The van der Waals surface area contributed by atoms with E-state index < -0.39 is 0 Å². The lowest BCUT2D eigenvalue weighted by molar-refractivity contribution is 0.0953. The Bertz CT molecular complexity index is 1010. The average Bonchev–Trinajstić information content (AvgIpc) is 2.72. The van der Waals surface area contributed by atoms with E-state index in [2.05, 4.69) is 30.9 Å². The first kappa shape index (κ1) is 18.2. The van der Waals surface area contributed by atoms with Crippen LogP contribution in [0.1, 0.15) is 23.2 Å². The molecule has 0 saturated heterocycles. The Morgan fingerprint density at radius 2 is 1.75 bits per heavy atom. The molecule has 8 heteroatoms. The van der Waals surface area contributed by atoms with E-state index in [1.54, 1.807) is 30.6 Å². The highest BCUT2D eigenvalue weighted by atomic mass is 35.5. The number of amides is 1. The van der Waals surface area contributed by atoms with Crippen LogP contribution in [0.15, 0.2) is 48.8 Å². The average molecular weight is 395 g/mol. The largest absolute Gasteiger partial charge is 0.370 e. The molecule has 7 nitrogen and oxygen atoms in total. The monoisotopic (exact) mass is 394 g/mol. The fourth-order valence-corrected chi connectivity index (χ4v) is 3.14. The van der Waals surface area contributed by atoms with Crippen molar-refractivity contribution < 1.29 is 4.79 Å². The molecule has 2 aromatic heterocycles. The van der Waals surface area contributed by atoms with E-state index in [1.165, 1.54) is 0 Å². The quantitative estimate of drug-likeness (QED) is 0.536. The highest BCUT2D eigenvalue weighted by Crippen LogP contribution is 2.24. The van der Waals surface area contributed by atoms with Crippen LogP contribution >= 0.6 is 11.6 Å². The first-order chi connectivity index (χ1) is 13.7. The number of halogens is 1. The van der Waals surface area contributed by atoms with Crippen molar-refractivity contribution in [3.8, 4) is 11.3 Å². The lowest BCUT2D eigenvalue weighted by Gasteiger charge is -2.10. The van der Waals surface area contributed by atoms with Crippen molar-refractivity contribution in [2.24, 2.45) is 0 Å². The zero-order chi connectivity index (χ0) is 19.3. The summed E-state index contributed by atoms with van der Waals surface area (Å²) in [4.78, 5) is 25.7. The summed E-state index contributed by atoms with van der Waals surface area (Å²) in [5.74, 6) is 1.02. The molecule has 0 spiro atoms. The van der Waals surface area contributed by atoms with E-state index in [0.717, 1.165) is 36.5 Å². The number of aromatic nitrogens is 3. The van der Waals surface area contributed by atoms with Crippen molar-refractivity contribution in [2.45, 2.75) is 12.8 Å². The van der Waals surface area contributed by atoms with Gasteiger partial charge in [-0.2, -0.15) is 0 Å². The maximum absolute atomic E-state index is 12.5. The van der Waals surface area contributed by atoms with Crippen LogP contribution in [0, 0.1) is 0 Å². The number of carbonyl (C=O) groups excluding carboxylic acids is 1. The first-order valence-electron chi connectivity index (χ1n) is 9.07. The van der Waals surface area contributed by atoms with Gasteiger partial charge in [-0.3, -0.25) is 4.79 Å². The maximum atomic E-state index is 12.5. The summed E-state index contributed by atoms with van der Waals surface area (Å²) in [6, 6.07) is 10.9. The van der Waals surface area contributed by atoms with E-state index >= 15 is 0 Å². The molecule has 0 unspecified atom stereocenters. The van der Waals surface area contributed by atoms with Crippen molar-refractivity contribution in [2.75, 3.05) is 23.7 Å². The van der Waals surface area contributed by atoms with Gasteiger partial charge in [0.25, 0.3) is 5.91 Å². The Hall–Kier alpha value is -3.19. The standard InChI is InChI=1S/C20H19ClN6O/c21-16-4-3-14-12-15(16)19(28)24-8-2-1-7-22-18-11-13(5-9-23-18)17-6-10-25-20(26-14)27-17/h3-6,9-12H,1-2,7-8H2,(H,22,23)(H,24,28)(H,25,26,27). The third-order valence-corrected chi connectivity index (χ3v) is 4.70. The molecule has 0 aliphatic carbocycles. The number of nitrogens with zero attached hydrogens (tertiary/aromatic N) is 3. The van der Waals surface area contributed by atoms with Gasteiger partial charge in [0.2, 0.25) is 5.95 Å². The van der Waals surface area contributed by atoms with Crippen LogP contribution in [0.4, 0.5) is 17.5 Å². The van der Waals surface area contributed by atoms with Gasteiger partial charge in [0, 0.05) is 36.7 Å². The van der Waals surface area contributed by atoms with E-state index in [9.17, 15) is 4.79 Å². The molecule has 0 fully saturated rings. The summed E-state index contributed by atoms with van der Waals surface area (Å²) >= 11 is 6.22. The van der Waals surface area contributed by atoms with Crippen LogP contribution in [0.2, 0.25) is 5.02 Å². The number of rotatable bonds is 0. The van der Waals surface area contributed by atoms with Crippen molar-refractivity contribution in [3.63, 3.8) is 0 Å². The Morgan fingerprint density at radius 1 is 0.929 bits per heavy atom. The van der Waals surface area contributed by atoms with Gasteiger partial charge in [0.1, 0.15) is 5.82 Å². The number of nitrogens with one attached hydrogen (secondary N) is 3. The predicted molar refractivity (Wildman–Crippen MR) is 110 cm³/mol. The summed E-state index contributed by atoms with van der Waals surface area (Å²) in [5.41, 5.74) is 2.83. The van der Waals surface area contributed by atoms with Crippen LogP contribution in [0.3, 0.4) is 0 Å². The molecule has 3 aromatic rings. The van der Waals surface area contributed by atoms with Gasteiger partial charge in [0.15, 0.2) is 0 Å². The number of pyridine rings is 1. The summed E-state index contributed by atoms with van der Waals surface area (Å²) < 4.78 is 0. The maximum Gasteiger partial charge on any atom is 0.252 e. The molecule has 3 heterocycles. The van der Waals surface area contributed by atoms with Gasteiger partial charge in [-0.1, -0.05) is 11.6 Å². The third-order valence-electron chi connectivity index (χ3n) is 4.37. The molecule has 3 N–H and O–H groups in total. The van der Waals surface area contributed by atoms with Crippen molar-refractivity contribution in [1.82, 2.24) is 20.3 Å². The fraction of sp³-hybridized carbons (Fsp3) is 0.200. The van der Waals surface area contributed by atoms with Crippen molar-refractivity contribution in [1.29, 1.82) is 0 Å². The molecule has 6 bridgehead atoms.